The maximum absolute atomic E-state index is 10.9. The monoisotopic (exact) mass is 288 g/mol. The van der Waals surface area contributed by atoms with Gasteiger partial charge in [0.2, 0.25) is 5.76 Å². The third-order valence-electron chi connectivity index (χ3n) is 4.15. The summed E-state index contributed by atoms with van der Waals surface area (Å²) in [5, 5.41) is 9.82. The highest BCUT2D eigenvalue weighted by Crippen LogP contribution is 2.22. The summed E-state index contributed by atoms with van der Waals surface area (Å²) in [7, 11) is 2.15. The molecule has 0 amide bonds. The van der Waals surface area contributed by atoms with Gasteiger partial charge in [0.1, 0.15) is 5.58 Å². The van der Waals surface area contributed by atoms with Crippen molar-refractivity contribution in [3.8, 4) is 0 Å². The summed E-state index contributed by atoms with van der Waals surface area (Å²) >= 11 is 0. The number of nitrogens with zero attached hydrogens (tertiary/aromatic N) is 2. The van der Waals surface area contributed by atoms with E-state index in [4.69, 9.17) is 9.52 Å². The molecule has 2 aromatic rings. The van der Waals surface area contributed by atoms with Gasteiger partial charge in [-0.15, -0.1) is 0 Å². The molecule has 1 aromatic carbocycles. The molecule has 1 aromatic heterocycles. The summed E-state index contributed by atoms with van der Waals surface area (Å²) < 4.78 is 5.29. The van der Waals surface area contributed by atoms with Crippen molar-refractivity contribution in [1.82, 2.24) is 9.80 Å². The van der Waals surface area contributed by atoms with Gasteiger partial charge in [0, 0.05) is 37.6 Å². The van der Waals surface area contributed by atoms with Gasteiger partial charge in [-0.1, -0.05) is 6.07 Å². The van der Waals surface area contributed by atoms with Gasteiger partial charge in [-0.2, -0.15) is 0 Å². The van der Waals surface area contributed by atoms with Crippen LogP contribution in [0.25, 0.3) is 11.0 Å². The Kier molecular flexibility index (Phi) is 3.69. The van der Waals surface area contributed by atoms with Crippen LogP contribution in [0.1, 0.15) is 23.0 Å². The summed E-state index contributed by atoms with van der Waals surface area (Å²) in [5.74, 6) is -1.03. The molecule has 5 heteroatoms. The molecule has 1 atom stereocenters. The van der Waals surface area contributed by atoms with Crippen LogP contribution in [0.15, 0.2) is 28.7 Å². The molecule has 1 unspecified atom stereocenters. The molecule has 1 saturated heterocycles. The van der Waals surface area contributed by atoms with Crippen molar-refractivity contribution in [2.24, 2.45) is 0 Å². The Morgan fingerprint density at radius 3 is 2.90 bits per heavy atom. The van der Waals surface area contributed by atoms with E-state index in [1.807, 2.05) is 18.2 Å². The lowest BCUT2D eigenvalue weighted by Crippen LogP contribution is -2.49. The zero-order valence-corrected chi connectivity index (χ0v) is 12.4. The minimum atomic E-state index is -1.03. The summed E-state index contributed by atoms with van der Waals surface area (Å²) in [5.41, 5.74) is 1.82. The smallest absolute Gasteiger partial charge is 0.371 e. The molecule has 0 saturated carbocycles. The standard InChI is InChI=1S/C16H20N2O3/c1-11-9-17(2)5-6-18(11)10-12-3-4-14-13(7-12)8-15(21-14)16(19)20/h3-4,7-8,11H,5-6,9-10H2,1-2H3,(H,19,20). The minimum Gasteiger partial charge on any atom is -0.475 e. The number of benzene rings is 1. The Labute approximate surface area is 123 Å². The van der Waals surface area contributed by atoms with Gasteiger partial charge in [0.05, 0.1) is 0 Å². The Morgan fingerprint density at radius 2 is 2.19 bits per heavy atom. The number of piperazine rings is 1. The predicted molar refractivity (Wildman–Crippen MR) is 80.5 cm³/mol. The number of furan rings is 1. The second-order valence-corrected chi connectivity index (χ2v) is 5.87. The molecule has 2 heterocycles. The van der Waals surface area contributed by atoms with Gasteiger partial charge in [0.15, 0.2) is 0 Å². The highest BCUT2D eigenvalue weighted by molar-refractivity contribution is 5.91. The first-order valence-electron chi connectivity index (χ1n) is 7.21. The van der Waals surface area contributed by atoms with Crippen LogP contribution in [0.2, 0.25) is 0 Å². The molecule has 1 N–H and O–H groups in total. The SMILES string of the molecule is CC1CN(C)CCN1Cc1ccc2oc(C(=O)O)cc2c1. The largest absolute Gasteiger partial charge is 0.475 e. The molecule has 3 rings (SSSR count). The number of rotatable bonds is 3. The number of likely N-dealkylation sites (N-methyl/N-ethyl adjacent to an activating group) is 1. The summed E-state index contributed by atoms with van der Waals surface area (Å²) in [6, 6.07) is 8.02. The van der Waals surface area contributed by atoms with Crippen molar-refractivity contribution in [3.05, 3.63) is 35.6 Å². The van der Waals surface area contributed by atoms with E-state index in [0.29, 0.717) is 11.6 Å². The Bertz CT molecular complexity index is 665. The van der Waals surface area contributed by atoms with Crippen molar-refractivity contribution < 1.29 is 14.3 Å². The quantitative estimate of drug-likeness (QED) is 0.939. The van der Waals surface area contributed by atoms with E-state index in [2.05, 4.69) is 23.8 Å². The van der Waals surface area contributed by atoms with E-state index in [1.165, 1.54) is 5.56 Å². The molecule has 1 aliphatic heterocycles. The molecular weight excluding hydrogens is 268 g/mol. The fourth-order valence-electron chi connectivity index (χ4n) is 2.94. The van der Waals surface area contributed by atoms with Gasteiger partial charge in [-0.25, -0.2) is 4.79 Å². The number of aromatic carboxylic acids is 1. The van der Waals surface area contributed by atoms with Crippen molar-refractivity contribution in [1.29, 1.82) is 0 Å². The lowest BCUT2D eigenvalue weighted by atomic mass is 10.1. The minimum absolute atomic E-state index is 0.00452. The average Bonchev–Trinajstić information content (AvgIpc) is 2.85. The van der Waals surface area contributed by atoms with Crippen LogP contribution in [0.4, 0.5) is 0 Å². The van der Waals surface area contributed by atoms with Gasteiger partial charge < -0.3 is 14.4 Å². The number of carboxylic acid groups (broad SMARTS) is 1. The Morgan fingerprint density at radius 1 is 1.38 bits per heavy atom. The van der Waals surface area contributed by atoms with Crippen LogP contribution >= 0.6 is 0 Å². The lowest BCUT2D eigenvalue weighted by Gasteiger charge is -2.38. The zero-order chi connectivity index (χ0) is 15.0. The molecule has 1 aliphatic rings. The Balaban J connectivity index is 1.79. The second kappa shape index (κ2) is 5.50. The molecular formula is C16H20N2O3. The zero-order valence-electron chi connectivity index (χ0n) is 12.4. The van der Waals surface area contributed by atoms with Crippen molar-refractivity contribution >= 4 is 16.9 Å². The fraction of sp³-hybridized carbons (Fsp3) is 0.438. The summed E-state index contributed by atoms with van der Waals surface area (Å²) in [6.45, 7) is 6.35. The highest BCUT2D eigenvalue weighted by Gasteiger charge is 2.21. The average molecular weight is 288 g/mol. The Hall–Kier alpha value is -1.85. The molecule has 0 spiro atoms. The predicted octanol–water partition coefficient (Wildman–Crippen LogP) is 2.27. The molecule has 1 fully saturated rings. The van der Waals surface area contributed by atoms with E-state index in [1.54, 1.807) is 6.07 Å². The van der Waals surface area contributed by atoms with E-state index in [-0.39, 0.29) is 5.76 Å². The summed E-state index contributed by atoms with van der Waals surface area (Å²) in [4.78, 5) is 15.7. The lowest BCUT2D eigenvalue weighted by molar-refractivity contribution is 0.0665. The van der Waals surface area contributed by atoms with Crippen LogP contribution in [-0.4, -0.2) is 53.6 Å². The van der Waals surface area contributed by atoms with E-state index in [0.717, 1.165) is 31.6 Å². The number of carbonyl (C=O) groups is 1. The van der Waals surface area contributed by atoms with Crippen molar-refractivity contribution in [3.63, 3.8) is 0 Å². The van der Waals surface area contributed by atoms with E-state index in [9.17, 15) is 4.79 Å². The van der Waals surface area contributed by atoms with Gasteiger partial charge in [-0.05, 0) is 37.7 Å². The van der Waals surface area contributed by atoms with E-state index < -0.39 is 5.97 Å². The van der Waals surface area contributed by atoms with Crippen LogP contribution < -0.4 is 0 Å². The van der Waals surface area contributed by atoms with Gasteiger partial charge in [-0.3, -0.25) is 4.90 Å². The summed E-state index contributed by atoms with van der Waals surface area (Å²) in [6.07, 6.45) is 0. The maximum Gasteiger partial charge on any atom is 0.371 e. The van der Waals surface area contributed by atoms with Crippen LogP contribution in [0.5, 0.6) is 0 Å². The molecule has 5 nitrogen and oxygen atoms in total. The molecule has 0 bridgehead atoms. The maximum atomic E-state index is 10.9. The number of carboxylic acids is 1. The van der Waals surface area contributed by atoms with Crippen LogP contribution in [0.3, 0.4) is 0 Å². The number of hydrogen-bond donors (Lipinski definition) is 1. The first-order valence-corrected chi connectivity index (χ1v) is 7.21. The molecule has 112 valence electrons. The second-order valence-electron chi connectivity index (χ2n) is 5.87. The third-order valence-corrected chi connectivity index (χ3v) is 4.15. The highest BCUT2D eigenvalue weighted by atomic mass is 16.4. The first kappa shape index (κ1) is 14.1. The van der Waals surface area contributed by atoms with Gasteiger partial charge in [0.25, 0.3) is 0 Å². The number of fused-ring (bicyclic) bond motifs is 1. The van der Waals surface area contributed by atoms with Crippen LogP contribution in [0, 0.1) is 0 Å². The molecule has 21 heavy (non-hydrogen) atoms. The first-order chi connectivity index (χ1) is 10.0. The molecule has 0 radical (unpaired) electrons. The molecule has 0 aliphatic carbocycles. The van der Waals surface area contributed by atoms with E-state index >= 15 is 0 Å². The normalized spacial score (nSPS) is 21.0. The fourth-order valence-corrected chi connectivity index (χ4v) is 2.94. The van der Waals surface area contributed by atoms with Crippen molar-refractivity contribution in [2.45, 2.75) is 19.5 Å². The third kappa shape index (κ3) is 2.94. The van der Waals surface area contributed by atoms with Gasteiger partial charge >= 0.3 is 5.97 Å². The number of hydrogen-bond acceptors (Lipinski definition) is 4. The van der Waals surface area contributed by atoms with Crippen molar-refractivity contribution in [2.75, 3.05) is 26.7 Å². The topological polar surface area (TPSA) is 56.9 Å². The van der Waals surface area contributed by atoms with Crippen LogP contribution in [-0.2, 0) is 6.54 Å².